The second-order valence-electron chi connectivity index (χ2n) is 5.49. The Bertz CT molecular complexity index is 581. The van der Waals surface area contributed by atoms with Gasteiger partial charge in [-0.2, -0.15) is 0 Å². The zero-order valence-corrected chi connectivity index (χ0v) is 11.4. The fourth-order valence-corrected chi connectivity index (χ4v) is 3.02. The molecule has 0 unspecified atom stereocenters. The van der Waals surface area contributed by atoms with E-state index in [0.29, 0.717) is 6.04 Å². The Morgan fingerprint density at radius 3 is 2.79 bits per heavy atom. The number of aromatic amines is 1. The number of benzene rings is 1. The van der Waals surface area contributed by atoms with Crippen LogP contribution in [0.1, 0.15) is 42.5 Å². The lowest BCUT2D eigenvalue weighted by molar-refractivity contribution is 0.0696. The maximum Gasteiger partial charge on any atom is 0.253 e. The third-order valence-electron chi connectivity index (χ3n) is 4.24. The molecule has 3 nitrogen and oxygen atoms in total. The highest BCUT2D eigenvalue weighted by Crippen LogP contribution is 2.23. The Labute approximate surface area is 113 Å². The Balaban J connectivity index is 1.81. The lowest BCUT2D eigenvalue weighted by Gasteiger charge is -2.31. The van der Waals surface area contributed by atoms with Crippen LogP contribution in [0.3, 0.4) is 0 Å². The molecule has 1 aromatic carbocycles. The molecule has 1 heterocycles. The highest BCUT2D eigenvalue weighted by atomic mass is 16.2. The van der Waals surface area contributed by atoms with Gasteiger partial charge in [0.1, 0.15) is 0 Å². The smallest absolute Gasteiger partial charge is 0.253 e. The van der Waals surface area contributed by atoms with Crippen molar-refractivity contribution in [1.82, 2.24) is 9.88 Å². The Kier molecular flexibility index (Phi) is 3.28. The summed E-state index contributed by atoms with van der Waals surface area (Å²) in [6.07, 6.45) is 8.01. The number of H-pyrrole nitrogens is 1. The van der Waals surface area contributed by atoms with Gasteiger partial charge in [0, 0.05) is 35.8 Å². The van der Waals surface area contributed by atoms with Crippen LogP contribution in [0.5, 0.6) is 0 Å². The maximum atomic E-state index is 12.5. The molecule has 19 heavy (non-hydrogen) atoms. The van der Waals surface area contributed by atoms with E-state index in [1.165, 1.54) is 19.3 Å². The summed E-state index contributed by atoms with van der Waals surface area (Å²) in [4.78, 5) is 17.6. The second kappa shape index (κ2) is 5.08. The molecular weight excluding hydrogens is 236 g/mol. The van der Waals surface area contributed by atoms with Gasteiger partial charge in [0.15, 0.2) is 0 Å². The minimum atomic E-state index is 0.148. The van der Waals surface area contributed by atoms with E-state index in [4.69, 9.17) is 0 Å². The van der Waals surface area contributed by atoms with Crippen LogP contribution in [-0.2, 0) is 0 Å². The van der Waals surface area contributed by atoms with Gasteiger partial charge in [0.05, 0.1) is 0 Å². The molecule has 0 aliphatic heterocycles. The molecule has 1 aromatic heterocycles. The zero-order chi connectivity index (χ0) is 13.2. The van der Waals surface area contributed by atoms with Crippen molar-refractivity contribution in [2.75, 3.05) is 7.05 Å². The largest absolute Gasteiger partial charge is 0.361 e. The van der Waals surface area contributed by atoms with Gasteiger partial charge in [-0.15, -0.1) is 0 Å². The van der Waals surface area contributed by atoms with E-state index >= 15 is 0 Å². The van der Waals surface area contributed by atoms with Gasteiger partial charge < -0.3 is 9.88 Å². The molecule has 0 saturated heterocycles. The summed E-state index contributed by atoms with van der Waals surface area (Å²) < 4.78 is 0. The lowest BCUT2D eigenvalue weighted by atomic mass is 9.94. The molecule has 1 N–H and O–H groups in total. The molecule has 100 valence electrons. The quantitative estimate of drug-likeness (QED) is 0.876. The molecule has 1 aliphatic rings. The number of hydrogen-bond donors (Lipinski definition) is 1. The van der Waals surface area contributed by atoms with Crippen molar-refractivity contribution in [1.29, 1.82) is 0 Å². The predicted molar refractivity (Wildman–Crippen MR) is 77.3 cm³/mol. The average molecular weight is 256 g/mol. The molecule has 3 heteroatoms. The van der Waals surface area contributed by atoms with Crippen LogP contribution in [0.2, 0.25) is 0 Å². The molecule has 3 rings (SSSR count). The van der Waals surface area contributed by atoms with E-state index in [2.05, 4.69) is 4.98 Å². The van der Waals surface area contributed by atoms with Crippen LogP contribution in [0, 0.1) is 0 Å². The standard InChI is InChI=1S/C16H20N2O/c1-18(14-5-3-2-4-6-14)16(19)13-7-8-15-12(11-13)9-10-17-15/h7-11,14,17H,2-6H2,1H3. The molecular formula is C16H20N2O. The summed E-state index contributed by atoms with van der Waals surface area (Å²) >= 11 is 0. The normalized spacial score (nSPS) is 16.7. The molecule has 1 fully saturated rings. The molecule has 1 aliphatic carbocycles. The number of aromatic nitrogens is 1. The molecule has 0 bridgehead atoms. The monoisotopic (exact) mass is 256 g/mol. The third-order valence-corrected chi connectivity index (χ3v) is 4.24. The van der Waals surface area contributed by atoms with Crippen molar-refractivity contribution in [3.05, 3.63) is 36.0 Å². The molecule has 0 spiro atoms. The summed E-state index contributed by atoms with van der Waals surface area (Å²) in [7, 11) is 1.94. The number of amides is 1. The summed E-state index contributed by atoms with van der Waals surface area (Å²) in [6.45, 7) is 0. The number of carbonyl (C=O) groups is 1. The second-order valence-corrected chi connectivity index (χ2v) is 5.49. The van der Waals surface area contributed by atoms with E-state index in [-0.39, 0.29) is 5.91 Å². The number of carbonyl (C=O) groups excluding carboxylic acids is 1. The highest BCUT2D eigenvalue weighted by Gasteiger charge is 2.22. The van der Waals surface area contributed by atoms with E-state index in [9.17, 15) is 4.79 Å². The van der Waals surface area contributed by atoms with Crippen molar-refractivity contribution in [3.63, 3.8) is 0 Å². The molecule has 0 atom stereocenters. The van der Waals surface area contributed by atoms with Crippen molar-refractivity contribution >= 4 is 16.8 Å². The number of nitrogens with zero attached hydrogens (tertiary/aromatic N) is 1. The lowest BCUT2D eigenvalue weighted by Crippen LogP contribution is -2.38. The molecule has 1 saturated carbocycles. The van der Waals surface area contributed by atoms with Gasteiger partial charge in [-0.25, -0.2) is 0 Å². The van der Waals surface area contributed by atoms with Gasteiger partial charge in [-0.05, 0) is 37.1 Å². The number of nitrogens with one attached hydrogen (secondary N) is 1. The average Bonchev–Trinajstić information content (AvgIpc) is 2.94. The number of rotatable bonds is 2. The first-order valence-corrected chi connectivity index (χ1v) is 7.10. The van der Waals surface area contributed by atoms with E-state index in [0.717, 1.165) is 29.3 Å². The summed E-state index contributed by atoms with van der Waals surface area (Å²) in [6, 6.07) is 8.31. The van der Waals surface area contributed by atoms with Crippen LogP contribution in [0.15, 0.2) is 30.5 Å². The van der Waals surface area contributed by atoms with Crippen LogP contribution in [0.25, 0.3) is 10.9 Å². The summed E-state index contributed by atoms with van der Waals surface area (Å²) in [5, 5.41) is 1.10. The number of fused-ring (bicyclic) bond motifs is 1. The van der Waals surface area contributed by atoms with Gasteiger partial charge in [0.2, 0.25) is 0 Å². The first kappa shape index (κ1) is 12.3. The summed E-state index contributed by atoms with van der Waals surface area (Å²) in [5.74, 6) is 0.148. The molecule has 0 radical (unpaired) electrons. The first-order valence-electron chi connectivity index (χ1n) is 7.10. The fourth-order valence-electron chi connectivity index (χ4n) is 3.02. The fraction of sp³-hybridized carbons (Fsp3) is 0.438. The van der Waals surface area contributed by atoms with Crippen molar-refractivity contribution in [2.45, 2.75) is 38.1 Å². The first-order chi connectivity index (χ1) is 9.25. The molecule has 1 amide bonds. The van der Waals surface area contributed by atoms with Gasteiger partial charge in [-0.3, -0.25) is 4.79 Å². The third kappa shape index (κ3) is 2.37. The van der Waals surface area contributed by atoms with E-state index < -0.39 is 0 Å². The van der Waals surface area contributed by atoms with Gasteiger partial charge >= 0.3 is 0 Å². The Morgan fingerprint density at radius 1 is 1.21 bits per heavy atom. The predicted octanol–water partition coefficient (Wildman–Crippen LogP) is 3.57. The minimum Gasteiger partial charge on any atom is -0.361 e. The van der Waals surface area contributed by atoms with Gasteiger partial charge in [0.25, 0.3) is 5.91 Å². The maximum absolute atomic E-state index is 12.5. The van der Waals surface area contributed by atoms with E-state index in [1.54, 1.807) is 0 Å². The Hall–Kier alpha value is -1.77. The SMILES string of the molecule is CN(C(=O)c1ccc2[nH]ccc2c1)C1CCCCC1. The van der Waals surface area contributed by atoms with Crippen LogP contribution >= 0.6 is 0 Å². The van der Waals surface area contributed by atoms with Crippen molar-refractivity contribution < 1.29 is 4.79 Å². The van der Waals surface area contributed by atoms with Crippen LogP contribution < -0.4 is 0 Å². The van der Waals surface area contributed by atoms with Crippen LogP contribution in [0.4, 0.5) is 0 Å². The van der Waals surface area contributed by atoms with Crippen molar-refractivity contribution in [2.24, 2.45) is 0 Å². The minimum absolute atomic E-state index is 0.148. The highest BCUT2D eigenvalue weighted by molar-refractivity contribution is 5.98. The van der Waals surface area contributed by atoms with Crippen LogP contribution in [-0.4, -0.2) is 28.9 Å². The Morgan fingerprint density at radius 2 is 2.00 bits per heavy atom. The summed E-state index contributed by atoms with van der Waals surface area (Å²) in [5.41, 5.74) is 1.87. The van der Waals surface area contributed by atoms with E-state index in [1.807, 2.05) is 42.4 Å². The molecule has 2 aromatic rings. The van der Waals surface area contributed by atoms with Crippen molar-refractivity contribution in [3.8, 4) is 0 Å². The van der Waals surface area contributed by atoms with Gasteiger partial charge in [-0.1, -0.05) is 19.3 Å². The number of hydrogen-bond acceptors (Lipinski definition) is 1. The topological polar surface area (TPSA) is 36.1 Å². The zero-order valence-electron chi connectivity index (χ0n) is 11.4.